The number of para-hydroxylation sites is 1. The maximum absolute atomic E-state index is 12.9. The van der Waals surface area contributed by atoms with Gasteiger partial charge < -0.3 is 13.6 Å². The lowest BCUT2D eigenvalue weighted by Crippen LogP contribution is -2.05. The van der Waals surface area contributed by atoms with Gasteiger partial charge in [-0.05, 0) is 18.2 Å². The molecule has 3 aromatic heterocycles. The first-order chi connectivity index (χ1) is 13.8. The van der Waals surface area contributed by atoms with E-state index in [1.54, 1.807) is 12.6 Å². The summed E-state index contributed by atoms with van der Waals surface area (Å²) in [5, 5.41) is 18.5. The third-order valence-corrected chi connectivity index (χ3v) is 5.35. The summed E-state index contributed by atoms with van der Waals surface area (Å²) in [6.07, 6.45) is 5.50. The van der Waals surface area contributed by atoms with Gasteiger partial charge >= 0.3 is 0 Å². The zero-order valence-electron chi connectivity index (χ0n) is 15.0. The van der Waals surface area contributed by atoms with Crippen molar-refractivity contribution in [1.29, 1.82) is 5.26 Å². The highest BCUT2D eigenvalue weighted by atomic mass is 32.2. The largest absolute Gasteiger partial charge is 0.467 e. The minimum atomic E-state index is 0.0180. The lowest BCUT2D eigenvalue weighted by Gasteiger charge is -2.04. The van der Waals surface area contributed by atoms with Gasteiger partial charge in [-0.2, -0.15) is 5.26 Å². The fourth-order valence-electron chi connectivity index (χ4n) is 3.07. The molecule has 0 radical (unpaired) electrons. The van der Waals surface area contributed by atoms with Crippen LogP contribution in [-0.4, -0.2) is 30.9 Å². The minimum Gasteiger partial charge on any atom is -0.467 e. The van der Waals surface area contributed by atoms with E-state index in [2.05, 4.69) is 16.3 Å². The Morgan fingerprint density at radius 2 is 2.11 bits per heavy atom. The average Bonchev–Trinajstić information content (AvgIpc) is 3.45. The van der Waals surface area contributed by atoms with Crippen molar-refractivity contribution < 1.29 is 9.21 Å². The zero-order chi connectivity index (χ0) is 19.3. The van der Waals surface area contributed by atoms with Crippen LogP contribution in [0.1, 0.15) is 22.5 Å². The number of Topliss-reactive ketones (excluding diaryl/α,β-unsaturated/α-hetero) is 1. The molecule has 0 saturated carbocycles. The molecule has 0 unspecified atom stereocenters. The number of furan rings is 1. The number of fused-ring (bicyclic) bond motifs is 1. The summed E-state index contributed by atoms with van der Waals surface area (Å²) in [7, 11) is 0. The van der Waals surface area contributed by atoms with Gasteiger partial charge in [-0.1, -0.05) is 30.0 Å². The highest BCUT2D eigenvalue weighted by Gasteiger charge is 2.17. The van der Waals surface area contributed by atoms with Gasteiger partial charge in [0.25, 0.3) is 0 Å². The van der Waals surface area contributed by atoms with Crippen molar-refractivity contribution in [3.05, 3.63) is 66.5 Å². The molecule has 0 N–H and O–H groups in total. The molecular formula is C20H17N5O2S. The average molecular weight is 391 g/mol. The Labute approximate surface area is 165 Å². The zero-order valence-corrected chi connectivity index (χ0v) is 15.8. The Bertz CT molecular complexity index is 1140. The quantitative estimate of drug-likeness (QED) is 0.336. The van der Waals surface area contributed by atoms with Crippen LogP contribution in [0.15, 0.2) is 64.8 Å². The number of hydrogen-bond acceptors (Lipinski definition) is 6. The van der Waals surface area contributed by atoms with E-state index < -0.39 is 0 Å². The van der Waals surface area contributed by atoms with E-state index in [0.29, 0.717) is 30.2 Å². The number of nitriles is 1. The maximum atomic E-state index is 12.9. The van der Waals surface area contributed by atoms with Crippen molar-refractivity contribution in [2.45, 2.75) is 24.7 Å². The van der Waals surface area contributed by atoms with E-state index in [4.69, 9.17) is 9.68 Å². The first-order valence-corrected chi connectivity index (χ1v) is 9.76. The van der Waals surface area contributed by atoms with Crippen LogP contribution in [-0.2, 0) is 13.1 Å². The van der Waals surface area contributed by atoms with Gasteiger partial charge in [0.1, 0.15) is 12.1 Å². The molecule has 0 fully saturated rings. The third-order valence-electron chi connectivity index (χ3n) is 4.37. The molecule has 8 heteroatoms. The Morgan fingerprint density at radius 1 is 1.21 bits per heavy atom. The van der Waals surface area contributed by atoms with Gasteiger partial charge in [0.05, 0.1) is 31.1 Å². The van der Waals surface area contributed by atoms with E-state index >= 15 is 0 Å². The fraction of sp³-hybridized carbons (Fsp3) is 0.200. The summed E-state index contributed by atoms with van der Waals surface area (Å²) in [6, 6.07) is 13.6. The van der Waals surface area contributed by atoms with Crippen LogP contribution in [0, 0.1) is 11.3 Å². The lowest BCUT2D eigenvalue weighted by atomic mass is 10.1. The molecule has 0 aliphatic carbocycles. The first-order valence-electron chi connectivity index (χ1n) is 8.77. The SMILES string of the molecule is N#CCCn1cc(C(=O)CSc2nncn2Cc2ccco2)c2ccccc21. The molecule has 4 rings (SSSR count). The smallest absolute Gasteiger partial charge is 0.191 e. The van der Waals surface area contributed by atoms with Crippen LogP contribution in [0.4, 0.5) is 0 Å². The standard InChI is InChI=1S/C20H17N5O2S/c21-8-4-9-24-12-17(16-6-1-2-7-18(16)24)19(26)13-28-20-23-22-14-25(20)11-15-5-3-10-27-15/h1-3,5-7,10,12,14H,4,9,11,13H2. The second kappa shape index (κ2) is 8.15. The predicted molar refractivity (Wildman–Crippen MR) is 105 cm³/mol. The number of ketones is 1. The van der Waals surface area contributed by atoms with Crippen LogP contribution in [0.25, 0.3) is 10.9 Å². The topological polar surface area (TPSA) is 89.6 Å². The second-order valence-electron chi connectivity index (χ2n) is 6.19. The van der Waals surface area contributed by atoms with Crippen molar-refractivity contribution in [3.63, 3.8) is 0 Å². The van der Waals surface area contributed by atoms with E-state index in [0.717, 1.165) is 16.7 Å². The van der Waals surface area contributed by atoms with Gasteiger partial charge in [-0.3, -0.25) is 4.79 Å². The van der Waals surface area contributed by atoms with Crippen molar-refractivity contribution >= 4 is 28.4 Å². The Kier molecular flexibility index (Phi) is 5.26. The number of aromatic nitrogens is 4. The summed E-state index contributed by atoms with van der Waals surface area (Å²) < 4.78 is 9.18. The minimum absolute atomic E-state index is 0.0180. The molecule has 28 heavy (non-hydrogen) atoms. The van der Waals surface area contributed by atoms with Crippen LogP contribution in [0.5, 0.6) is 0 Å². The van der Waals surface area contributed by atoms with Gasteiger partial charge in [-0.15, -0.1) is 10.2 Å². The molecule has 0 aliphatic heterocycles. The molecule has 0 spiro atoms. The molecule has 0 aliphatic rings. The van der Waals surface area contributed by atoms with Crippen molar-refractivity contribution in [2.75, 3.05) is 5.75 Å². The monoisotopic (exact) mass is 391 g/mol. The highest BCUT2D eigenvalue weighted by Crippen LogP contribution is 2.25. The number of nitrogens with zero attached hydrogens (tertiary/aromatic N) is 5. The summed E-state index contributed by atoms with van der Waals surface area (Å²) in [5.74, 6) is 1.07. The summed E-state index contributed by atoms with van der Waals surface area (Å²) in [5.41, 5.74) is 1.63. The number of benzene rings is 1. The van der Waals surface area contributed by atoms with Gasteiger partial charge in [0, 0.05) is 29.2 Å². The molecule has 0 bridgehead atoms. The van der Waals surface area contributed by atoms with E-state index in [9.17, 15) is 4.79 Å². The van der Waals surface area contributed by atoms with E-state index in [-0.39, 0.29) is 11.5 Å². The van der Waals surface area contributed by atoms with Crippen LogP contribution >= 0.6 is 11.8 Å². The number of thioether (sulfide) groups is 1. The van der Waals surface area contributed by atoms with Crippen molar-refractivity contribution in [3.8, 4) is 6.07 Å². The molecule has 4 aromatic rings. The molecule has 0 atom stereocenters. The fourth-order valence-corrected chi connectivity index (χ4v) is 3.87. The number of carbonyl (C=O) groups excluding carboxylic acids is 1. The second-order valence-corrected chi connectivity index (χ2v) is 7.14. The highest BCUT2D eigenvalue weighted by molar-refractivity contribution is 7.99. The molecule has 0 saturated heterocycles. The molecule has 140 valence electrons. The van der Waals surface area contributed by atoms with Gasteiger partial charge in [-0.25, -0.2) is 0 Å². The van der Waals surface area contributed by atoms with Crippen molar-refractivity contribution in [1.82, 2.24) is 19.3 Å². The Balaban J connectivity index is 1.51. The summed E-state index contributed by atoms with van der Waals surface area (Å²) in [6.45, 7) is 1.08. The summed E-state index contributed by atoms with van der Waals surface area (Å²) in [4.78, 5) is 12.9. The molecule has 7 nitrogen and oxygen atoms in total. The lowest BCUT2D eigenvalue weighted by molar-refractivity contribution is 0.102. The number of rotatable bonds is 8. The molecular weight excluding hydrogens is 374 g/mol. The maximum Gasteiger partial charge on any atom is 0.191 e. The van der Waals surface area contributed by atoms with Gasteiger partial charge in [0.2, 0.25) is 0 Å². The number of carbonyl (C=O) groups is 1. The molecule has 1 aromatic carbocycles. The number of aryl methyl sites for hydroxylation is 1. The van der Waals surface area contributed by atoms with Crippen LogP contribution in [0.2, 0.25) is 0 Å². The van der Waals surface area contributed by atoms with E-state index in [1.807, 2.05) is 51.7 Å². The van der Waals surface area contributed by atoms with Crippen LogP contribution in [0.3, 0.4) is 0 Å². The van der Waals surface area contributed by atoms with Crippen LogP contribution < -0.4 is 0 Å². The normalized spacial score (nSPS) is 11.0. The summed E-state index contributed by atoms with van der Waals surface area (Å²) >= 11 is 1.35. The van der Waals surface area contributed by atoms with Crippen molar-refractivity contribution in [2.24, 2.45) is 0 Å². The third kappa shape index (κ3) is 3.70. The molecule has 3 heterocycles. The Hall–Kier alpha value is -3.31. The first kappa shape index (κ1) is 18.1. The van der Waals surface area contributed by atoms with Gasteiger partial charge in [0.15, 0.2) is 10.9 Å². The number of hydrogen-bond donors (Lipinski definition) is 0. The predicted octanol–water partition coefficient (Wildman–Crippen LogP) is 3.76. The van der Waals surface area contributed by atoms with E-state index in [1.165, 1.54) is 11.8 Å². The Morgan fingerprint density at radius 3 is 2.93 bits per heavy atom. The molecule has 0 amide bonds.